The monoisotopic (exact) mass is 153 g/mol. The molecule has 0 aliphatic carbocycles. The van der Waals surface area contributed by atoms with Gasteiger partial charge in [0.05, 0.1) is 12.3 Å². The molecule has 0 aliphatic rings. The third-order valence-corrected chi connectivity index (χ3v) is 1.17. The van der Waals surface area contributed by atoms with Crippen LogP contribution in [0.15, 0.2) is 12.3 Å². The van der Waals surface area contributed by atoms with Gasteiger partial charge < -0.3 is 10.5 Å². The van der Waals surface area contributed by atoms with Crippen molar-refractivity contribution in [2.75, 3.05) is 6.61 Å². The van der Waals surface area contributed by atoms with Gasteiger partial charge in [-0.05, 0) is 13.0 Å². The lowest BCUT2D eigenvalue weighted by atomic mass is 10.4. The maximum atomic E-state index is 5.37. The van der Waals surface area contributed by atoms with Crippen molar-refractivity contribution >= 4 is 0 Å². The van der Waals surface area contributed by atoms with Gasteiger partial charge in [0.2, 0.25) is 0 Å². The molecule has 0 saturated heterocycles. The Morgan fingerprint density at radius 1 is 1.64 bits per heavy atom. The molecule has 2 N–H and O–H groups in total. The number of aromatic nitrogens is 2. The molecule has 1 aromatic heterocycles. The molecule has 4 heteroatoms. The number of hydrogen-bond acceptors (Lipinski definition) is 4. The third kappa shape index (κ3) is 2.16. The van der Waals surface area contributed by atoms with Crippen LogP contribution in [-0.2, 0) is 6.54 Å². The minimum atomic E-state index is 0.399. The Balaban J connectivity index is 2.74. The fourth-order valence-corrected chi connectivity index (χ4v) is 0.688. The van der Waals surface area contributed by atoms with E-state index in [-0.39, 0.29) is 0 Å². The molecule has 0 aliphatic heterocycles. The topological polar surface area (TPSA) is 61.0 Å². The van der Waals surface area contributed by atoms with E-state index in [1.54, 1.807) is 12.3 Å². The van der Waals surface area contributed by atoms with Crippen LogP contribution >= 0.6 is 0 Å². The van der Waals surface area contributed by atoms with E-state index in [9.17, 15) is 0 Å². The van der Waals surface area contributed by atoms with E-state index in [1.165, 1.54) is 0 Å². The second kappa shape index (κ2) is 3.88. The van der Waals surface area contributed by atoms with E-state index in [0.717, 1.165) is 5.69 Å². The summed E-state index contributed by atoms with van der Waals surface area (Å²) in [5, 5.41) is 0. The van der Waals surface area contributed by atoms with Gasteiger partial charge in [-0.2, -0.15) is 4.98 Å². The van der Waals surface area contributed by atoms with E-state index in [0.29, 0.717) is 19.2 Å². The number of nitrogens with zero attached hydrogens (tertiary/aromatic N) is 2. The Bertz CT molecular complexity index is 227. The zero-order valence-corrected chi connectivity index (χ0v) is 6.45. The number of rotatable bonds is 3. The molecule has 0 amide bonds. The van der Waals surface area contributed by atoms with E-state index in [4.69, 9.17) is 10.5 Å². The summed E-state index contributed by atoms with van der Waals surface area (Å²) in [7, 11) is 0. The van der Waals surface area contributed by atoms with Gasteiger partial charge in [-0.1, -0.05) is 0 Å². The summed E-state index contributed by atoms with van der Waals surface area (Å²) in [6.45, 7) is 2.88. The normalized spacial score (nSPS) is 9.64. The Labute approximate surface area is 65.4 Å². The van der Waals surface area contributed by atoms with E-state index < -0.39 is 0 Å². The van der Waals surface area contributed by atoms with Crippen molar-refractivity contribution in [2.24, 2.45) is 5.73 Å². The predicted octanol–water partition coefficient (Wildman–Crippen LogP) is 0.334. The van der Waals surface area contributed by atoms with Gasteiger partial charge in [-0.15, -0.1) is 0 Å². The van der Waals surface area contributed by atoms with Crippen molar-refractivity contribution in [3.8, 4) is 6.01 Å². The maximum Gasteiger partial charge on any atom is 0.316 e. The highest BCUT2D eigenvalue weighted by atomic mass is 16.5. The molecule has 0 atom stereocenters. The van der Waals surface area contributed by atoms with Crippen LogP contribution in [0.5, 0.6) is 6.01 Å². The van der Waals surface area contributed by atoms with Gasteiger partial charge in [0.15, 0.2) is 0 Å². The molecule has 0 spiro atoms. The van der Waals surface area contributed by atoms with Crippen LogP contribution in [0, 0.1) is 0 Å². The molecule has 11 heavy (non-hydrogen) atoms. The van der Waals surface area contributed by atoms with Crippen molar-refractivity contribution in [2.45, 2.75) is 13.5 Å². The average Bonchev–Trinajstić information content (AvgIpc) is 2.06. The quantitative estimate of drug-likeness (QED) is 0.680. The zero-order valence-electron chi connectivity index (χ0n) is 6.45. The summed E-state index contributed by atoms with van der Waals surface area (Å²) in [6.07, 6.45) is 1.64. The molecule has 1 rings (SSSR count). The molecular weight excluding hydrogens is 142 g/mol. The number of ether oxygens (including phenoxy) is 1. The molecule has 4 nitrogen and oxygen atoms in total. The molecule has 1 aromatic rings. The van der Waals surface area contributed by atoms with E-state index in [1.807, 2.05) is 6.92 Å². The summed E-state index contributed by atoms with van der Waals surface area (Å²) in [6, 6.07) is 2.16. The summed E-state index contributed by atoms with van der Waals surface area (Å²) in [5.41, 5.74) is 6.16. The first kappa shape index (κ1) is 7.94. The third-order valence-electron chi connectivity index (χ3n) is 1.17. The van der Waals surface area contributed by atoms with Gasteiger partial charge >= 0.3 is 6.01 Å². The van der Waals surface area contributed by atoms with Crippen LogP contribution in [0.3, 0.4) is 0 Å². The van der Waals surface area contributed by atoms with Crippen LogP contribution in [-0.4, -0.2) is 16.6 Å². The van der Waals surface area contributed by atoms with Gasteiger partial charge in [-0.3, -0.25) is 0 Å². The minimum Gasteiger partial charge on any atom is -0.464 e. The van der Waals surface area contributed by atoms with Crippen LogP contribution in [0.4, 0.5) is 0 Å². The molecule has 60 valence electrons. The predicted molar refractivity (Wildman–Crippen MR) is 41.1 cm³/mol. The standard InChI is InChI=1S/C7H11N3O/c1-2-11-7-9-4-3-6(5-8)10-7/h3-4H,2,5,8H2,1H3. The Kier molecular flexibility index (Phi) is 2.80. The van der Waals surface area contributed by atoms with Crippen LogP contribution in [0.1, 0.15) is 12.6 Å². The molecule has 0 fully saturated rings. The fraction of sp³-hybridized carbons (Fsp3) is 0.429. The SMILES string of the molecule is CCOc1nccc(CN)n1. The van der Waals surface area contributed by atoms with Crippen LogP contribution in [0.2, 0.25) is 0 Å². The lowest BCUT2D eigenvalue weighted by Gasteiger charge is -2.00. The molecule has 0 radical (unpaired) electrons. The van der Waals surface area contributed by atoms with Crippen molar-refractivity contribution in [1.82, 2.24) is 9.97 Å². The van der Waals surface area contributed by atoms with Crippen molar-refractivity contribution in [3.63, 3.8) is 0 Å². The summed E-state index contributed by atoms with van der Waals surface area (Å²) in [4.78, 5) is 7.91. The van der Waals surface area contributed by atoms with Crippen LogP contribution in [0.25, 0.3) is 0 Å². The highest BCUT2D eigenvalue weighted by Gasteiger charge is 1.95. The average molecular weight is 153 g/mol. The molecule has 0 unspecified atom stereocenters. The van der Waals surface area contributed by atoms with E-state index in [2.05, 4.69) is 9.97 Å². The van der Waals surface area contributed by atoms with Crippen molar-refractivity contribution in [3.05, 3.63) is 18.0 Å². The first-order chi connectivity index (χ1) is 5.36. The molecule has 0 bridgehead atoms. The largest absolute Gasteiger partial charge is 0.464 e. The Morgan fingerprint density at radius 3 is 3.09 bits per heavy atom. The second-order valence-corrected chi connectivity index (χ2v) is 1.97. The van der Waals surface area contributed by atoms with Gasteiger partial charge in [0, 0.05) is 12.7 Å². The smallest absolute Gasteiger partial charge is 0.316 e. The van der Waals surface area contributed by atoms with Gasteiger partial charge in [-0.25, -0.2) is 4.98 Å². The highest BCUT2D eigenvalue weighted by molar-refractivity contribution is 5.04. The van der Waals surface area contributed by atoms with Gasteiger partial charge in [0.25, 0.3) is 0 Å². The second-order valence-electron chi connectivity index (χ2n) is 1.97. The summed E-state index contributed by atoms with van der Waals surface area (Å²) >= 11 is 0. The molecular formula is C7H11N3O. The summed E-state index contributed by atoms with van der Waals surface area (Å²) in [5.74, 6) is 0. The first-order valence-corrected chi connectivity index (χ1v) is 3.51. The van der Waals surface area contributed by atoms with Crippen LogP contribution < -0.4 is 10.5 Å². The minimum absolute atomic E-state index is 0.399. The van der Waals surface area contributed by atoms with Crippen molar-refractivity contribution < 1.29 is 4.74 Å². The maximum absolute atomic E-state index is 5.37. The molecule has 0 saturated carbocycles. The lowest BCUT2D eigenvalue weighted by molar-refractivity contribution is 0.311. The number of hydrogen-bond donors (Lipinski definition) is 1. The first-order valence-electron chi connectivity index (χ1n) is 3.51. The molecule has 1 heterocycles. The van der Waals surface area contributed by atoms with E-state index >= 15 is 0 Å². The lowest BCUT2D eigenvalue weighted by Crippen LogP contribution is -2.03. The fourth-order valence-electron chi connectivity index (χ4n) is 0.688. The highest BCUT2D eigenvalue weighted by Crippen LogP contribution is 2.01. The Morgan fingerprint density at radius 2 is 2.45 bits per heavy atom. The van der Waals surface area contributed by atoms with Gasteiger partial charge in [0.1, 0.15) is 0 Å². The number of nitrogens with two attached hydrogens (primary N) is 1. The molecule has 0 aromatic carbocycles. The van der Waals surface area contributed by atoms with Crippen molar-refractivity contribution in [1.29, 1.82) is 0 Å². The zero-order chi connectivity index (χ0) is 8.10. The Hall–Kier alpha value is -1.16. The summed E-state index contributed by atoms with van der Waals surface area (Å²) < 4.78 is 5.07.